The van der Waals surface area contributed by atoms with Crippen molar-refractivity contribution in [3.05, 3.63) is 89.0 Å². The first kappa shape index (κ1) is 24.6. The Morgan fingerprint density at radius 3 is 2.15 bits per heavy atom. The molecule has 6 heteroatoms. The second-order valence-electron chi connectivity index (χ2n) is 8.00. The Labute approximate surface area is 192 Å². The lowest BCUT2D eigenvalue weighted by Gasteiger charge is -2.20. The van der Waals surface area contributed by atoms with E-state index >= 15 is 0 Å². The molecule has 3 aromatic carbocycles. The molecule has 0 fully saturated rings. The van der Waals surface area contributed by atoms with Gasteiger partial charge in [-0.2, -0.15) is 8.78 Å². The highest BCUT2D eigenvalue weighted by Gasteiger charge is 2.42. The van der Waals surface area contributed by atoms with Gasteiger partial charge in [0, 0.05) is 6.07 Å². The summed E-state index contributed by atoms with van der Waals surface area (Å²) in [7, 11) is 0. The van der Waals surface area contributed by atoms with Gasteiger partial charge in [0.2, 0.25) is 0 Å². The number of aryl methyl sites for hydroxylation is 2. The van der Waals surface area contributed by atoms with Gasteiger partial charge in [-0.3, -0.25) is 0 Å². The van der Waals surface area contributed by atoms with E-state index in [1.54, 1.807) is 36.4 Å². The van der Waals surface area contributed by atoms with Crippen LogP contribution in [0.2, 0.25) is 0 Å². The largest absolute Gasteiger partial charge is 0.454 e. The highest BCUT2D eigenvalue weighted by molar-refractivity contribution is 5.38. The molecule has 0 bridgehead atoms. The number of benzene rings is 3. The highest BCUT2D eigenvalue weighted by Crippen LogP contribution is 2.38. The molecule has 3 aromatic rings. The third-order valence-corrected chi connectivity index (χ3v) is 5.26. The number of hydrogen-bond donors (Lipinski definition) is 0. The van der Waals surface area contributed by atoms with Crippen molar-refractivity contribution in [1.29, 1.82) is 0 Å². The second-order valence-corrected chi connectivity index (χ2v) is 8.00. The van der Waals surface area contributed by atoms with E-state index in [1.807, 2.05) is 6.92 Å². The molecule has 0 aliphatic heterocycles. The monoisotopic (exact) mass is 459 g/mol. The van der Waals surface area contributed by atoms with Crippen LogP contribution < -0.4 is 9.47 Å². The van der Waals surface area contributed by atoms with E-state index in [-0.39, 0.29) is 11.5 Å². The maximum Gasteiger partial charge on any atom is 0.432 e. The molecule has 0 aliphatic carbocycles. The molecule has 0 saturated carbocycles. The number of alkyl halides is 2. The maximum absolute atomic E-state index is 14.8. The summed E-state index contributed by atoms with van der Waals surface area (Å²) in [5.41, 5.74) is 0.403. The first-order chi connectivity index (χ1) is 15.8. The predicted molar refractivity (Wildman–Crippen MR) is 120 cm³/mol. The quantitative estimate of drug-likeness (QED) is 0.211. The number of halogens is 4. The van der Waals surface area contributed by atoms with Crippen molar-refractivity contribution in [2.75, 3.05) is 0 Å². The molecule has 2 nitrogen and oxygen atoms in total. The fraction of sp³-hybridized carbons (Fsp3) is 0.333. The van der Waals surface area contributed by atoms with Gasteiger partial charge >= 0.3 is 6.11 Å². The van der Waals surface area contributed by atoms with Crippen LogP contribution >= 0.6 is 0 Å². The topological polar surface area (TPSA) is 18.5 Å². The minimum absolute atomic E-state index is 0.192. The van der Waals surface area contributed by atoms with Crippen molar-refractivity contribution in [3.8, 4) is 17.2 Å². The van der Waals surface area contributed by atoms with E-state index in [0.29, 0.717) is 6.07 Å². The van der Waals surface area contributed by atoms with Gasteiger partial charge in [-0.15, -0.1) is 0 Å². The number of ether oxygens (including phenoxy) is 2. The Morgan fingerprint density at radius 2 is 1.48 bits per heavy atom. The van der Waals surface area contributed by atoms with E-state index in [2.05, 4.69) is 13.0 Å². The highest BCUT2D eigenvalue weighted by atomic mass is 19.3. The van der Waals surface area contributed by atoms with Crippen LogP contribution in [0.3, 0.4) is 0 Å². The Morgan fingerprint density at radius 1 is 0.848 bits per heavy atom. The van der Waals surface area contributed by atoms with Gasteiger partial charge in [0.05, 0.1) is 0 Å². The zero-order chi connectivity index (χ0) is 23.8. The van der Waals surface area contributed by atoms with Gasteiger partial charge in [0.25, 0.3) is 0 Å². The molecule has 0 N–H and O–H groups in total. The summed E-state index contributed by atoms with van der Waals surface area (Å²) in [6.07, 6.45) is 2.24. The van der Waals surface area contributed by atoms with Crippen molar-refractivity contribution < 1.29 is 27.0 Å². The number of unbranched alkanes of at least 4 members (excludes halogenated alkanes) is 4. The van der Waals surface area contributed by atoms with Crippen LogP contribution in [-0.4, -0.2) is 0 Å². The molecular formula is C27H27F4O2. The van der Waals surface area contributed by atoms with Gasteiger partial charge in [-0.05, 0) is 55.7 Å². The average molecular weight is 460 g/mol. The van der Waals surface area contributed by atoms with Gasteiger partial charge < -0.3 is 9.47 Å². The Hall–Kier alpha value is -3.02. The minimum atomic E-state index is -4.25. The third-order valence-electron chi connectivity index (χ3n) is 5.26. The molecule has 0 aromatic heterocycles. The zero-order valence-electron chi connectivity index (χ0n) is 18.8. The Balaban J connectivity index is 1.72. The minimum Gasteiger partial charge on any atom is -0.454 e. The summed E-state index contributed by atoms with van der Waals surface area (Å²) in [5.74, 6) is -3.66. The number of hydrogen-bond acceptors (Lipinski definition) is 2. The predicted octanol–water partition coefficient (Wildman–Crippen LogP) is 8.51. The average Bonchev–Trinajstić information content (AvgIpc) is 2.78. The maximum atomic E-state index is 14.8. The van der Waals surface area contributed by atoms with Gasteiger partial charge in [0.1, 0.15) is 22.9 Å². The lowest BCUT2D eigenvalue weighted by Crippen LogP contribution is -2.25. The molecule has 0 saturated heterocycles. The van der Waals surface area contributed by atoms with Crippen molar-refractivity contribution in [2.45, 2.75) is 58.5 Å². The van der Waals surface area contributed by atoms with Crippen molar-refractivity contribution in [3.63, 3.8) is 0 Å². The molecule has 0 unspecified atom stereocenters. The summed E-state index contributed by atoms with van der Waals surface area (Å²) in [5, 5.41) is 0. The van der Waals surface area contributed by atoms with Crippen molar-refractivity contribution in [1.82, 2.24) is 0 Å². The molecule has 0 atom stereocenters. The normalized spacial score (nSPS) is 11.5. The molecule has 175 valence electrons. The molecule has 0 aliphatic rings. The lowest BCUT2D eigenvalue weighted by molar-refractivity contribution is -0.189. The van der Waals surface area contributed by atoms with Gasteiger partial charge in [0.15, 0.2) is 11.6 Å². The van der Waals surface area contributed by atoms with Gasteiger partial charge in [-0.1, -0.05) is 62.4 Å². The molecule has 3 rings (SSSR count). The standard InChI is InChI=1S/C27H27F4O2/c1-3-4-5-6-7-8-20-11-15-22(16-12-20)33-27(30,31)25-23(28)17-18-24(26(25)29)32-21-13-9-19(2)10-14-21/h9-17H,3-8H2,1-2H3. The Kier molecular flexibility index (Phi) is 8.37. The fourth-order valence-electron chi connectivity index (χ4n) is 3.40. The third kappa shape index (κ3) is 6.73. The van der Waals surface area contributed by atoms with E-state index in [4.69, 9.17) is 9.47 Å². The molecule has 0 amide bonds. The van der Waals surface area contributed by atoms with Crippen LogP contribution in [0.25, 0.3) is 0 Å². The Bertz CT molecular complexity index is 1030. The van der Waals surface area contributed by atoms with Crippen LogP contribution in [0.1, 0.15) is 55.7 Å². The molecule has 1 radical (unpaired) electrons. The lowest BCUT2D eigenvalue weighted by atomic mass is 10.1. The fourth-order valence-corrected chi connectivity index (χ4v) is 3.40. The van der Waals surface area contributed by atoms with E-state index in [0.717, 1.165) is 30.4 Å². The summed E-state index contributed by atoms with van der Waals surface area (Å²) < 4.78 is 68.6. The van der Waals surface area contributed by atoms with Crippen molar-refractivity contribution >= 4 is 0 Å². The summed E-state index contributed by atoms with van der Waals surface area (Å²) in [6.45, 7) is 4.00. The summed E-state index contributed by atoms with van der Waals surface area (Å²) in [4.78, 5) is 0. The molecule has 0 spiro atoms. The van der Waals surface area contributed by atoms with E-state index < -0.39 is 29.1 Å². The number of rotatable bonds is 11. The zero-order valence-corrected chi connectivity index (χ0v) is 18.8. The summed E-state index contributed by atoms with van der Waals surface area (Å²) in [6, 6.07) is 15.5. The van der Waals surface area contributed by atoms with Crippen LogP contribution in [0.15, 0.2) is 54.6 Å². The molecule has 0 heterocycles. The second kappa shape index (κ2) is 11.2. The van der Waals surface area contributed by atoms with Crippen LogP contribution in [-0.2, 0) is 12.5 Å². The van der Waals surface area contributed by atoms with Crippen LogP contribution in [0.5, 0.6) is 17.2 Å². The SMILES string of the molecule is CCCCCCCc1ccc(OC(F)(F)c2c(F)c[c]c(Oc3ccc(C)cc3)c2F)cc1. The van der Waals surface area contributed by atoms with Gasteiger partial charge in [-0.25, -0.2) is 8.78 Å². The van der Waals surface area contributed by atoms with Crippen LogP contribution in [0.4, 0.5) is 17.6 Å². The first-order valence-electron chi connectivity index (χ1n) is 11.1. The molecular weight excluding hydrogens is 432 g/mol. The van der Waals surface area contributed by atoms with E-state index in [9.17, 15) is 17.6 Å². The van der Waals surface area contributed by atoms with Crippen LogP contribution in [0, 0.1) is 24.6 Å². The summed E-state index contributed by atoms with van der Waals surface area (Å²) >= 11 is 0. The van der Waals surface area contributed by atoms with E-state index in [1.165, 1.54) is 31.4 Å². The van der Waals surface area contributed by atoms with Crippen molar-refractivity contribution in [2.24, 2.45) is 0 Å². The smallest absolute Gasteiger partial charge is 0.432 e. The molecule has 33 heavy (non-hydrogen) atoms. The first-order valence-corrected chi connectivity index (χ1v) is 11.1.